The number of nitrogens with two attached hydrogens (primary N) is 1. The van der Waals surface area contributed by atoms with E-state index in [1.165, 1.54) is 0 Å². The molecule has 0 amide bonds. The zero-order valence-electron chi connectivity index (χ0n) is 14.9. The fourth-order valence-corrected chi connectivity index (χ4v) is 2.07. The molecule has 3 N–H and O–H groups in total. The van der Waals surface area contributed by atoms with Crippen LogP contribution >= 0.6 is 0 Å². The van der Waals surface area contributed by atoms with Gasteiger partial charge < -0.3 is 16.0 Å². The SMILES string of the molecule is CC.CC.NCC(F)(F)CCc1ccc(N2CCNCC2)nc1. The van der Waals surface area contributed by atoms with Gasteiger partial charge in [0.2, 0.25) is 0 Å². The maximum absolute atomic E-state index is 13.0. The lowest BCUT2D eigenvalue weighted by Crippen LogP contribution is -2.43. The highest BCUT2D eigenvalue weighted by Crippen LogP contribution is 2.20. The molecule has 0 aromatic carbocycles. The van der Waals surface area contributed by atoms with Gasteiger partial charge in [-0.05, 0) is 18.1 Å². The fourth-order valence-electron chi connectivity index (χ4n) is 2.07. The molecule has 0 saturated carbocycles. The van der Waals surface area contributed by atoms with Crippen molar-refractivity contribution in [3.8, 4) is 0 Å². The Morgan fingerprint density at radius 3 is 2.26 bits per heavy atom. The molecule has 1 fully saturated rings. The first kappa shape index (κ1) is 21.7. The number of hydrogen-bond donors (Lipinski definition) is 2. The van der Waals surface area contributed by atoms with Crippen LogP contribution in [0.2, 0.25) is 0 Å². The lowest BCUT2D eigenvalue weighted by molar-refractivity contribution is 0.00245. The van der Waals surface area contributed by atoms with Gasteiger partial charge in [-0.15, -0.1) is 0 Å². The van der Waals surface area contributed by atoms with Gasteiger partial charge in [-0.1, -0.05) is 33.8 Å². The number of nitrogens with zero attached hydrogens (tertiary/aromatic N) is 2. The van der Waals surface area contributed by atoms with E-state index >= 15 is 0 Å². The van der Waals surface area contributed by atoms with Crippen molar-refractivity contribution in [2.24, 2.45) is 5.73 Å². The normalized spacial score (nSPS) is 14.3. The summed E-state index contributed by atoms with van der Waals surface area (Å²) in [6.07, 6.45) is 1.77. The Kier molecular flexibility index (Phi) is 11.5. The first-order valence-electron chi connectivity index (χ1n) is 8.59. The first-order valence-corrected chi connectivity index (χ1v) is 8.59. The third-order valence-corrected chi connectivity index (χ3v) is 3.33. The molecule has 23 heavy (non-hydrogen) atoms. The second-order valence-electron chi connectivity index (χ2n) is 4.82. The minimum atomic E-state index is -2.78. The number of alkyl halides is 2. The standard InChI is InChI=1S/C13H20F2N4.2C2H6/c14-13(15,10-16)4-3-11-1-2-12(18-9-11)19-7-5-17-6-8-19;2*1-2/h1-2,9,17H,3-8,10,16H2;2*1-2H3. The molecule has 1 aromatic heterocycles. The van der Waals surface area contributed by atoms with Crippen molar-refractivity contribution in [1.29, 1.82) is 0 Å². The molecule has 2 rings (SSSR count). The van der Waals surface area contributed by atoms with Crippen molar-refractivity contribution >= 4 is 5.82 Å². The minimum Gasteiger partial charge on any atom is -0.354 e. The summed E-state index contributed by atoms with van der Waals surface area (Å²) in [6, 6.07) is 3.78. The highest BCUT2D eigenvalue weighted by molar-refractivity contribution is 5.39. The molecular weight excluding hydrogens is 298 g/mol. The monoisotopic (exact) mass is 330 g/mol. The maximum atomic E-state index is 13.0. The van der Waals surface area contributed by atoms with E-state index in [4.69, 9.17) is 5.73 Å². The van der Waals surface area contributed by atoms with Gasteiger partial charge in [0, 0.05) is 38.8 Å². The Hall–Kier alpha value is -1.27. The first-order chi connectivity index (χ1) is 11.1. The second-order valence-corrected chi connectivity index (χ2v) is 4.82. The van der Waals surface area contributed by atoms with E-state index in [0.29, 0.717) is 6.42 Å². The van der Waals surface area contributed by atoms with Crippen LogP contribution in [0.15, 0.2) is 18.3 Å². The summed E-state index contributed by atoms with van der Waals surface area (Å²) in [5.41, 5.74) is 5.84. The van der Waals surface area contributed by atoms with Crippen LogP contribution in [0, 0.1) is 0 Å². The van der Waals surface area contributed by atoms with Crippen molar-refractivity contribution < 1.29 is 8.78 Å². The molecule has 1 saturated heterocycles. The molecule has 6 heteroatoms. The van der Waals surface area contributed by atoms with E-state index in [2.05, 4.69) is 15.2 Å². The van der Waals surface area contributed by atoms with E-state index in [1.54, 1.807) is 6.20 Å². The Morgan fingerprint density at radius 2 is 1.78 bits per heavy atom. The van der Waals surface area contributed by atoms with E-state index in [0.717, 1.165) is 37.6 Å². The Bertz CT molecular complexity index is 390. The summed E-state index contributed by atoms with van der Waals surface area (Å²) in [6.45, 7) is 11.2. The van der Waals surface area contributed by atoms with Crippen LogP contribution in [0.25, 0.3) is 0 Å². The number of aromatic nitrogens is 1. The summed E-state index contributed by atoms with van der Waals surface area (Å²) in [5, 5.41) is 3.27. The van der Waals surface area contributed by atoms with Crippen LogP contribution < -0.4 is 16.0 Å². The number of aryl methyl sites for hydroxylation is 1. The summed E-state index contributed by atoms with van der Waals surface area (Å²) in [5.74, 6) is -1.87. The van der Waals surface area contributed by atoms with Crippen LogP contribution in [0.5, 0.6) is 0 Å². The third kappa shape index (κ3) is 8.23. The van der Waals surface area contributed by atoms with E-state index in [-0.39, 0.29) is 6.42 Å². The van der Waals surface area contributed by atoms with Gasteiger partial charge in [0.25, 0.3) is 5.92 Å². The highest BCUT2D eigenvalue weighted by atomic mass is 19.3. The molecule has 1 aromatic rings. The average molecular weight is 330 g/mol. The summed E-state index contributed by atoms with van der Waals surface area (Å²) >= 11 is 0. The number of hydrogen-bond acceptors (Lipinski definition) is 4. The topological polar surface area (TPSA) is 54.2 Å². The van der Waals surface area contributed by atoms with Gasteiger partial charge in [-0.3, -0.25) is 0 Å². The predicted octanol–water partition coefficient (Wildman–Crippen LogP) is 3.07. The number of nitrogens with one attached hydrogen (secondary N) is 1. The van der Waals surface area contributed by atoms with Crippen molar-refractivity contribution in [1.82, 2.24) is 10.3 Å². The average Bonchev–Trinajstić information content (AvgIpc) is 2.65. The van der Waals surface area contributed by atoms with Gasteiger partial charge in [-0.25, -0.2) is 13.8 Å². The molecule has 0 aliphatic carbocycles. The smallest absolute Gasteiger partial charge is 0.260 e. The molecule has 134 valence electrons. The van der Waals surface area contributed by atoms with E-state index in [1.807, 2.05) is 39.8 Å². The van der Waals surface area contributed by atoms with Gasteiger partial charge in [0.05, 0.1) is 6.54 Å². The number of halogens is 2. The van der Waals surface area contributed by atoms with Gasteiger partial charge in [0.15, 0.2) is 0 Å². The largest absolute Gasteiger partial charge is 0.354 e. The Balaban J connectivity index is 0.00000112. The van der Waals surface area contributed by atoms with Crippen LogP contribution in [-0.4, -0.2) is 43.6 Å². The zero-order valence-corrected chi connectivity index (χ0v) is 14.9. The Morgan fingerprint density at radius 1 is 1.17 bits per heavy atom. The summed E-state index contributed by atoms with van der Waals surface area (Å²) < 4.78 is 26.1. The molecule has 0 unspecified atom stereocenters. The van der Waals surface area contributed by atoms with Gasteiger partial charge in [0.1, 0.15) is 5.82 Å². The zero-order chi connectivity index (χ0) is 17.7. The second kappa shape index (κ2) is 12.2. The van der Waals surface area contributed by atoms with Crippen LogP contribution in [0.4, 0.5) is 14.6 Å². The Labute approximate surface area is 139 Å². The quantitative estimate of drug-likeness (QED) is 0.871. The summed E-state index contributed by atoms with van der Waals surface area (Å²) in [4.78, 5) is 6.54. The number of piperazine rings is 1. The lowest BCUT2D eigenvalue weighted by Gasteiger charge is -2.28. The van der Waals surface area contributed by atoms with Crippen molar-refractivity contribution in [2.75, 3.05) is 37.6 Å². The number of rotatable bonds is 5. The van der Waals surface area contributed by atoms with Crippen molar-refractivity contribution in [3.63, 3.8) is 0 Å². The third-order valence-electron chi connectivity index (χ3n) is 3.33. The van der Waals surface area contributed by atoms with Crippen molar-refractivity contribution in [3.05, 3.63) is 23.9 Å². The summed E-state index contributed by atoms with van der Waals surface area (Å²) in [7, 11) is 0. The minimum absolute atomic E-state index is 0.224. The predicted molar refractivity (Wildman–Crippen MR) is 94.3 cm³/mol. The molecule has 0 radical (unpaired) electrons. The van der Waals surface area contributed by atoms with Crippen LogP contribution in [0.1, 0.15) is 39.7 Å². The number of pyridine rings is 1. The van der Waals surface area contributed by atoms with Crippen LogP contribution in [0.3, 0.4) is 0 Å². The highest BCUT2D eigenvalue weighted by Gasteiger charge is 2.26. The van der Waals surface area contributed by atoms with Gasteiger partial charge in [-0.2, -0.15) is 0 Å². The van der Waals surface area contributed by atoms with E-state index in [9.17, 15) is 8.78 Å². The van der Waals surface area contributed by atoms with Gasteiger partial charge >= 0.3 is 0 Å². The molecular formula is C17H32F2N4. The van der Waals surface area contributed by atoms with E-state index < -0.39 is 12.5 Å². The molecule has 1 aliphatic rings. The van der Waals surface area contributed by atoms with Crippen LogP contribution in [-0.2, 0) is 6.42 Å². The van der Waals surface area contributed by atoms with Crippen molar-refractivity contribution in [2.45, 2.75) is 46.5 Å². The molecule has 1 aliphatic heterocycles. The fraction of sp³-hybridized carbons (Fsp3) is 0.706. The molecule has 0 bridgehead atoms. The maximum Gasteiger partial charge on any atom is 0.260 e. The molecule has 4 nitrogen and oxygen atoms in total. The number of anilines is 1. The lowest BCUT2D eigenvalue weighted by atomic mass is 10.1. The molecule has 0 spiro atoms. The molecule has 2 heterocycles. The molecule has 0 atom stereocenters.